The molecule has 294 valence electrons. The minimum Gasteiger partial charge on any atom is -0.462 e. The van der Waals surface area contributed by atoms with Crippen LogP contribution in [0, 0.1) is 0 Å². The quantitative estimate of drug-likeness (QED) is 0.0269. The number of hydrogen-bond donors (Lipinski definition) is 4. The summed E-state index contributed by atoms with van der Waals surface area (Å²) in [5, 5.41) is 30.7. The molecule has 50 heavy (non-hydrogen) atoms. The standard InChI is InChI=1S/C37H68O12S/c1-3-5-7-9-11-12-13-14-15-16-17-18-20-21-23-25-32(38)46-27-30(48-33(39)26-24-22-19-10-8-6-4-2)28-47-37-36(42)35(41)34(40)31(49-37)29-50(43,44)45/h14-15,30-31,34-37,40-42H,3-13,16-29H2,1-2H3,(H,43,44,45)/b15-14+/t30-,31-,34-,35?,36?,37+/m1/s1. The third kappa shape index (κ3) is 23.8. The van der Waals surface area contributed by atoms with Gasteiger partial charge in [0, 0.05) is 12.8 Å². The van der Waals surface area contributed by atoms with Crippen molar-refractivity contribution < 1.29 is 56.8 Å². The maximum Gasteiger partial charge on any atom is 0.306 e. The lowest BCUT2D eigenvalue weighted by molar-refractivity contribution is -0.297. The van der Waals surface area contributed by atoms with Gasteiger partial charge in [0.05, 0.1) is 6.61 Å². The van der Waals surface area contributed by atoms with E-state index in [1.165, 1.54) is 44.9 Å². The Hall–Kier alpha value is -1.61. The minimum absolute atomic E-state index is 0.164. The minimum atomic E-state index is -4.59. The Morgan fingerprint density at radius 2 is 1.14 bits per heavy atom. The predicted octanol–water partition coefficient (Wildman–Crippen LogP) is 6.33. The van der Waals surface area contributed by atoms with E-state index in [1.54, 1.807) is 0 Å². The molecule has 0 amide bonds. The number of aliphatic hydroxyl groups is 3. The molecule has 0 radical (unpaired) electrons. The van der Waals surface area contributed by atoms with Gasteiger partial charge >= 0.3 is 11.9 Å². The Morgan fingerprint density at radius 3 is 1.66 bits per heavy atom. The lowest BCUT2D eigenvalue weighted by Crippen LogP contribution is -2.60. The lowest BCUT2D eigenvalue weighted by atomic mass is 10.00. The molecule has 1 fully saturated rings. The highest BCUT2D eigenvalue weighted by atomic mass is 32.2. The van der Waals surface area contributed by atoms with Crippen molar-refractivity contribution in [3.05, 3.63) is 12.2 Å². The summed E-state index contributed by atoms with van der Waals surface area (Å²) in [7, 11) is -4.59. The maximum atomic E-state index is 12.6. The van der Waals surface area contributed by atoms with Crippen molar-refractivity contribution in [1.82, 2.24) is 0 Å². The fraction of sp³-hybridized carbons (Fsp3) is 0.892. The average molecular weight is 737 g/mol. The molecular weight excluding hydrogens is 668 g/mol. The summed E-state index contributed by atoms with van der Waals surface area (Å²) < 4.78 is 53.6. The van der Waals surface area contributed by atoms with Gasteiger partial charge in [0.1, 0.15) is 36.8 Å². The molecule has 1 rings (SSSR count). The van der Waals surface area contributed by atoms with Gasteiger partial charge in [-0.1, -0.05) is 116 Å². The molecule has 0 aliphatic carbocycles. The highest BCUT2D eigenvalue weighted by Crippen LogP contribution is 2.24. The Labute approximate surface area is 301 Å². The van der Waals surface area contributed by atoms with Crippen molar-refractivity contribution >= 4 is 22.1 Å². The summed E-state index contributed by atoms with van der Waals surface area (Å²) in [5.74, 6) is -2.00. The summed E-state index contributed by atoms with van der Waals surface area (Å²) in [4.78, 5) is 25.1. The second-order valence-corrected chi connectivity index (χ2v) is 15.1. The Kier molecular flexibility index (Phi) is 26.8. The molecule has 1 aliphatic heterocycles. The molecule has 0 aromatic heterocycles. The van der Waals surface area contributed by atoms with E-state index in [0.717, 1.165) is 70.6 Å². The fourth-order valence-corrected chi connectivity index (χ4v) is 6.48. The number of ether oxygens (including phenoxy) is 4. The van der Waals surface area contributed by atoms with Gasteiger partial charge in [-0.05, 0) is 38.5 Å². The number of unbranched alkanes of at least 4 members (excludes halogenated alkanes) is 17. The molecule has 6 atom stereocenters. The van der Waals surface area contributed by atoms with Crippen LogP contribution >= 0.6 is 0 Å². The summed E-state index contributed by atoms with van der Waals surface area (Å²) in [6.07, 6.45) is 17.3. The number of carbonyl (C=O) groups excluding carboxylic acids is 2. The van der Waals surface area contributed by atoms with Crippen LogP contribution in [0.1, 0.15) is 155 Å². The van der Waals surface area contributed by atoms with Crippen LogP contribution in [0.25, 0.3) is 0 Å². The average Bonchev–Trinajstić information content (AvgIpc) is 3.07. The van der Waals surface area contributed by atoms with Crippen LogP contribution in [0.5, 0.6) is 0 Å². The molecule has 0 aromatic carbocycles. The zero-order valence-electron chi connectivity index (χ0n) is 30.8. The fourth-order valence-electron chi connectivity index (χ4n) is 5.79. The summed E-state index contributed by atoms with van der Waals surface area (Å²) in [5.41, 5.74) is 0. The van der Waals surface area contributed by atoms with Crippen LogP contribution < -0.4 is 0 Å². The van der Waals surface area contributed by atoms with E-state index in [1.807, 2.05) is 0 Å². The smallest absolute Gasteiger partial charge is 0.306 e. The van der Waals surface area contributed by atoms with E-state index in [0.29, 0.717) is 12.8 Å². The van der Waals surface area contributed by atoms with E-state index in [2.05, 4.69) is 26.0 Å². The number of aliphatic hydroxyl groups excluding tert-OH is 3. The molecular formula is C37H68O12S. The lowest BCUT2D eigenvalue weighted by Gasteiger charge is -2.40. The summed E-state index contributed by atoms with van der Waals surface area (Å²) in [6, 6.07) is 0. The van der Waals surface area contributed by atoms with E-state index < -0.39 is 71.2 Å². The van der Waals surface area contributed by atoms with E-state index >= 15 is 0 Å². The topological polar surface area (TPSA) is 186 Å². The molecule has 1 saturated heterocycles. The second kappa shape index (κ2) is 28.9. The number of rotatable bonds is 31. The zero-order valence-corrected chi connectivity index (χ0v) is 31.6. The Bertz CT molecular complexity index is 1000. The van der Waals surface area contributed by atoms with Crippen LogP contribution in [0.3, 0.4) is 0 Å². The first-order chi connectivity index (χ1) is 24.0. The largest absolute Gasteiger partial charge is 0.462 e. The van der Waals surface area contributed by atoms with Gasteiger partial charge in [-0.15, -0.1) is 0 Å². The molecule has 4 N–H and O–H groups in total. The molecule has 0 aromatic rings. The van der Waals surface area contributed by atoms with Crippen LogP contribution in [-0.4, -0.2) is 96.0 Å². The van der Waals surface area contributed by atoms with Crippen molar-refractivity contribution in [1.29, 1.82) is 0 Å². The first-order valence-electron chi connectivity index (χ1n) is 19.2. The molecule has 13 heteroatoms. The van der Waals surface area contributed by atoms with Crippen molar-refractivity contribution in [2.75, 3.05) is 19.0 Å². The number of carbonyl (C=O) groups is 2. The van der Waals surface area contributed by atoms with Crippen molar-refractivity contribution in [2.24, 2.45) is 0 Å². The zero-order chi connectivity index (χ0) is 37.0. The van der Waals surface area contributed by atoms with Crippen LogP contribution in [-0.2, 0) is 38.7 Å². The highest BCUT2D eigenvalue weighted by Gasteiger charge is 2.46. The van der Waals surface area contributed by atoms with Gasteiger partial charge in [0.2, 0.25) is 0 Å². The Morgan fingerprint density at radius 1 is 0.660 bits per heavy atom. The number of allylic oxidation sites excluding steroid dienone is 2. The van der Waals surface area contributed by atoms with Crippen molar-refractivity contribution in [3.63, 3.8) is 0 Å². The molecule has 0 saturated carbocycles. The monoisotopic (exact) mass is 736 g/mol. The molecule has 0 spiro atoms. The predicted molar refractivity (Wildman–Crippen MR) is 192 cm³/mol. The van der Waals surface area contributed by atoms with Gasteiger partial charge in [-0.25, -0.2) is 0 Å². The summed E-state index contributed by atoms with van der Waals surface area (Å²) in [6.45, 7) is 3.66. The first kappa shape index (κ1) is 46.4. The van der Waals surface area contributed by atoms with Crippen molar-refractivity contribution in [2.45, 2.75) is 192 Å². The number of hydrogen-bond acceptors (Lipinski definition) is 11. The normalized spacial score (nSPS) is 21.8. The van der Waals surface area contributed by atoms with Gasteiger partial charge in [0.25, 0.3) is 10.1 Å². The molecule has 2 unspecified atom stereocenters. The Balaban J connectivity index is 2.48. The van der Waals surface area contributed by atoms with Gasteiger partial charge < -0.3 is 34.3 Å². The molecule has 1 aliphatic rings. The SMILES string of the molecule is CCCCCCCC/C=C/CCCCCCCC(=O)OC[C@H](CO[C@H]1O[C@H](CS(=O)(=O)O)[C@@H](O)C(O)C1O)OC(=O)CCCCCCCCC. The van der Waals surface area contributed by atoms with Crippen LogP contribution in [0.2, 0.25) is 0 Å². The van der Waals surface area contributed by atoms with Crippen LogP contribution in [0.15, 0.2) is 12.2 Å². The van der Waals surface area contributed by atoms with Crippen LogP contribution in [0.4, 0.5) is 0 Å². The first-order valence-corrected chi connectivity index (χ1v) is 20.9. The van der Waals surface area contributed by atoms with E-state index in [-0.39, 0.29) is 19.4 Å². The molecule has 1 heterocycles. The van der Waals surface area contributed by atoms with Gasteiger partial charge in [0.15, 0.2) is 12.4 Å². The van der Waals surface area contributed by atoms with E-state index in [4.69, 9.17) is 18.9 Å². The maximum absolute atomic E-state index is 12.6. The van der Waals surface area contributed by atoms with Gasteiger partial charge in [-0.3, -0.25) is 14.1 Å². The molecule has 0 bridgehead atoms. The third-order valence-electron chi connectivity index (χ3n) is 8.85. The molecule has 12 nitrogen and oxygen atoms in total. The van der Waals surface area contributed by atoms with Gasteiger partial charge in [-0.2, -0.15) is 8.42 Å². The highest BCUT2D eigenvalue weighted by molar-refractivity contribution is 7.85. The second-order valence-electron chi connectivity index (χ2n) is 13.6. The third-order valence-corrected chi connectivity index (χ3v) is 9.60. The van der Waals surface area contributed by atoms with Crippen molar-refractivity contribution in [3.8, 4) is 0 Å². The summed E-state index contributed by atoms with van der Waals surface area (Å²) >= 11 is 0. The van der Waals surface area contributed by atoms with E-state index in [9.17, 15) is 37.9 Å². The number of esters is 2.